The molecular formula is C19H18F4N2O3S. The van der Waals surface area contributed by atoms with Gasteiger partial charge in [0.25, 0.3) is 0 Å². The SMILES string of the molecule is O=C(NCc1ccc(F)cc1)[C@@H]1CCCN1S(=O)(=O)c1ccccc1C(F)(F)F. The Morgan fingerprint density at radius 1 is 1.10 bits per heavy atom. The van der Waals surface area contributed by atoms with E-state index in [9.17, 15) is 30.8 Å². The standard InChI is InChI=1S/C19H18F4N2O3S/c20-14-9-7-13(8-10-14)12-24-18(26)16-5-3-11-25(16)29(27,28)17-6-2-1-4-15(17)19(21,22)23/h1-2,4,6-10,16H,3,5,11-12H2,(H,24,26)/t16-/m0/s1. The zero-order chi connectivity index (χ0) is 21.2. The van der Waals surface area contributed by atoms with Crippen molar-refractivity contribution < 1.29 is 30.8 Å². The molecule has 0 spiro atoms. The molecule has 0 bridgehead atoms. The topological polar surface area (TPSA) is 66.5 Å². The van der Waals surface area contributed by atoms with Crippen LogP contribution in [0.25, 0.3) is 0 Å². The number of nitrogens with one attached hydrogen (secondary N) is 1. The number of carbonyl (C=O) groups excluding carboxylic acids is 1. The zero-order valence-corrected chi connectivity index (χ0v) is 15.9. The van der Waals surface area contributed by atoms with E-state index in [1.165, 1.54) is 30.3 Å². The number of sulfonamides is 1. The van der Waals surface area contributed by atoms with E-state index in [2.05, 4.69) is 5.32 Å². The Balaban J connectivity index is 1.81. The van der Waals surface area contributed by atoms with Crippen LogP contribution >= 0.6 is 0 Å². The second-order valence-electron chi connectivity index (χ2n) is 6.61. The molecule has 156 valence electrons. The van der Waals surface area contributed by atoms with Crippen LogP contribution in [0.15, 0.2) is 53.4 Å². The summed E-state index contributed by atoms with van der Waals surface area (Å²) in [5.74, 6) is -1.05. The number of carbonyl (C=O) groups is 1. The number of alkyl halides is 3. The third kappa shape index (κ3) is 4.59. The van der Waals surface area contributed by atoms with E-state index in [-0.39, 0.29) is 19.5 Å². The molecule has 1 atom stereocenters. The summed E-state index contributed by atoms with van der Waals surface area (Å²) in [4.78, 5) is 11.7. The molecule has 0 saturated carbocycles. The predicted molar refractivity (Wildman–Crippen MR) is 96.6 cm³/mol. The van der Waals surface area contributed by atoms with Gasteiger partial charge in [0.2, 0.25) is 15.9 Å². The summed E-state index contributed by atoms with van der Waals surface area (Å²) in [7, 11) is -4.53. The summed E-state index contributed by atoms with van der Waals surface area (Å²) in [6, 6.07) is 8.19. The molecular weight excluding hydrogens is 412 g/mol. The molecule has 2 aromatic carbocycles. The predicted octanol–water partition coefficient (Wildman–Crippen LogP) is 3.31. The molecule has 1 aliphatic heterocycles. The quantitative estimate of drug-likeness (QED) is 0.741. The van der Waals surface area contributed by atoms with Crippen molar-refractivity contribution in [1.29, 1.82) is 0 Å². The molecule has 1 aliphatic rings. The van der Waals surface area contributed by atoms with E-state index in [0.29, 0.717) is 18.1 Å². The fourth-order valence-electron chi connectivity index (χ4n) is 3.25. The van der Waals surface area contributed by atoms with Crippen molar-refractivity contribution in [1.82, 2.24) is 9.62 Å². The Bertz CT molecular complexity index is 991. The third-order valence-corrected chi connectivity index (χ3v) is 6.63. The van der Waals surface area contributed by atoms with E-state index in [1.807, 2.05) is 0 Å². The van der Waals surface area contributed by atoms with E-state index in [1.54, 1.807) is 0 Å². The van der Waals surface area contributed by atoms with Crippen LogP contribution in [0, 0.1) is 5.82 Å². The van der Waals surface area contributed by atoms with Gasteiger partial charge in [0, 0.05) is 13.1 Å². The van der Waals surface area contributed by atoms with Gasteiger partial charge in [-0.2, -0.15) is 17.5 Å². The first-order chi connectivity index (χ1) is 13.6. The molecule has 0 unspecified atom stereocenters. The number of nitrogens with zero attached hydrogens (tertiary/aromatic N) is 1. The molecule has 2 aromatic rings. The average Bonchev–Trinajstić information content (AvgIpc) is 3.17. The largest absolute Gasteiger partial charge is 0.417 e. The van der Waals surface area contributed by atoms with Crippen molar-refractivity contribution in [2.45, 2.75) is 36.5 Å². The highest BCUT2D eigenvalue weighted by atomic mass is 32.2. The molecule has 1 saturated heterocycles. The Labute approximate surface area is 165 Å². The number of hydrogen-bond donors (Lipinski definition) is 1. The highest BCUT2D eigenvalue weighted by Gasteiger charge is 2.43. The third-order valence-electron chi connectivity index (χ3n) is 4.67. The van der Waals surface area contributed by atoms with Gasteiger partial charge in [-0.15, -0.1) is 0 Å². The normalized spacial score (nSPS) is 18.0. The van der Waals surface area contributed by atoms with Crippen LogP contribution in [-0.4, -0.2) is 31.2 Å². The lowest BCUT2D eigenvalue weighted by Gasteiger charge is -2.25. The van der Waals surface area contributed by atoms with Crippen LogP contribution in [0.1, 0.15) is 24.0 Å². The Morgan fingerprint density at radius 3 is 2.41 bits per heavy atom. The Hall–Kier alpha value is -2.46. The number of amides is 1. The van der Waals surface area contributed by atoms with Crippen LogP contribution < -0.4 is 5.32 Å². The first-order valence-corrected chi connectivity index (χ1v) is 10.2. The van der Waals surface area contributed by atoms with Gasteiger partial charge < -0.3 is 5.32 Å². The van der Waals surface area contributed by atoms with Gasteiger partial charge in [-0.05, 0) is 42.7 Å². The van der Waals surface area contributed by atoms with E-state index in [4.69, 9.17) is 0 Å². The van der Waals surface area contributed by atoms with Gasteiger partial charge >= 0.3 is 6.18 Å². The maximum absolute atomic E-state index is 13.3. The van der Waals surface area contributed by atoms with Gasteiger partial charge in [-0.25, -0.2) is 12.8 Å². The number of hydrogen-bond acceptors (Lipinski definition) is 3. The molecule has 1 heterocycles. The summed E-state index contributed by atoms with van der Waals surface area (Å²) >= 11 is 0. The van der Waals surface area contributed by atoms with E-state index in [0.717, 1.165) is 16.4 Å². The van der Waals surface area contributed by atoms with Crippen molar-refractivity contribution in [3.63, 3.8) is 0 Å². The lowest BCUT2D eigenvalue weighted by atomic mass is 10.2. The molecule has 0 aliphatic carbocycles. The summed E-state index contributed by atoms with van der Waals surface area (Å²) in [6.07, 6.45) is -4.30. The minimum atomic E-state index is -4.84. The lowest BCUT2D eigenvalue weighted by Crippen LogP contribution is -2.46. The highest BCUT2D eigenvalue weighted by Crippen LogP contribution is 2.36. The maximum Gasteiger partial charge on any atom is 0.417 e. The lowest BCUT2D eigenvalue weighted by molar-refractivity contribution is -0.139. The average molecular weight is 430 g/mol. The molecule has 29 heavy (non-hydrogen) atoms. The highest BCUT2D eigenvalue weighted by molar-refractivity contribution is 7.89. The minimum Gasteiger partial charge on any atom is -0.351 e. The summed E-state index contributed by atoms with van der Waals surface area (Å²) in [5, 5.41) is 2.57. The molecule has 1 N–H and O–H groups in total. The van der Waals surface area contributed by atoms with Crippen molar-refractivity contribution in [2.24, 2.45) is 0 Å². The van der Waals surface area contributed by atoms with Gasteiger partial charge in [-0.3, -0.25) is 4.79 Å². The van der Waals surface area contributed by atoms with Crippen LogP contribution in [0.4, 0.5) is 17.6 Å². The van der Waals surface area contributed by atoms with Crippen molar-refractivity contribution in [3.05, 3.63) is 65.5 Å². The van der Waals surface area contributed by atoms with Gasteiger partial charge in [-0.1, -0.05) is 24.3 Å². The van der Waals surface area contributed by atoms with Gasteiger partial charge in [0.15, 0.2) is 0 Å². The molecule has 3 rings (SSSR count). The first-order valence-electron chi connectivity index (χ1n) is 8.81. The summed E-state index contributed by atoms with van der Waals surface area (Å²) in [5.41, 5.74) is -0.660. The monoisotopic (exact) mass is 430 g/mol. The number of halogens is 4. The van der Waals surface area contributed by atoms with Crippen LogP contribution in [0.3, 0.4) is 0 Å². The summed E-state index contributed by atoms with van der Waals surface area (Å²) in [6.45, 7) is -0.00814. The van der Waals surface area contributed by atoms with Crippen LogP contribution in [0.5, 0.6) is 0 Å². The first kappa shape index (κ1) is 21.3. The molecule has 1 amide bonds. The Morgan fingerprint density at radius 2 is 1.76 bits per heavy atom. The van der Waals surface area contributed by atoms with Crippen molar-refractivity contribution >= 4 is 15.9 Å². The van der Waals surface area contributed by atoms with Crippen LogP contribution in [0.2, 0.25) is 0 Å². The second kappa shape index (κ2) is 8.11. The summed E-state index contributed by atoms with van der Waals surface area (Å²) < 4.78 is 79.4. The van der Waals surface area contributed by atoms with Gasteiger partial charge in [0.1, 0.15) is 11.9 Å². The zero-order valence-electron chi connectivity index (χ0n) is 15.1. The molecule has 1 fully saturated rings. The molecule has 10 heteroatoms. The Kier molecular flexibility index (Phi) is 5.95. The number of benzene rings is 2. The van der Waals surface area contributed by atoms with E-state index >= 15 is 0 Å². The molecule has 0 radical (unpaired) electrons. The second-order valence-corrected chi connectivity index (χ2v) is 8.47. The molecule has 5 nitrogen and oxygen atoms in total. The minimum absolute atomic E-state index is 0.0443. The van der Waals surface area contributed by atoms with Crippen molar-refractivity contribution in [2.75, 3.05) is 6.54 Å². The maximum atomic E-state index is 13.3. The smallest absolute Gasteiger partial charge is 0.351 e. The van der Waals surface area contributed by atoms with E-state index < -0.39 is 44.4 Å². The van der Waals surface area contributed by atoms with Crippen LogP contribution in [-0.2, 0) is 27.5 Å². The fraction of sp³-hybridized carbons (Fsp3) is 0.316. The molecule has 0 aromatic heterocycles. The van der Waals surface area contributed by atoms with Crippen molar-refractivity contribution in [3.8, 4) is 0 Å². The fourth-order valence-corrected chi connectivity index (χ4v) is 5.12. The number of rotatable bonds is 5. The van der Waals surface area contributed by atoms with Gasteiger partial charge in [0.05, 0.1) is 10.5 Å².